The summed E-state index contributed by atoms with van der Waals surface area (Å²) in [6.45, 7) is 2.85. The van der Waals surface area contributed by atoms with E-state index in [1.165, 1.54) is 13.8 Å². The molecule has 0 aliphatic heterocycles. The third kappa shape index (κ3) is 5.29. The average Bonchev–Trinajstić information content (AvgIpc) is 3.14. The number of aryl methyl sites for hydroxylation is 1. The molecule has 3 aromatic rings. The Labute approximate surface area is 186 Å². The molecule has 0 saturated carbocycles. The third-order valence-corrected chi connectivity index (χ3v) is 4.40. The normalized spacial score (nSPS) is 12.9. The number of carbonyl (C=O) groups excluding carboxylic acids is 1. The number of nitrogens with zero attached hydrogens (tertiary/aromatic N) is 5. The van der Waals surface area contributed by atoms with Crippen LogP contribution >= 0.6 is 0 Å². The van der Waals surface area contributed by atoms with Crippen LogP contribution in [0.25, 0.3) is 5.82 Å². The molecular weight excluding hydrogens is 474 g/mol. The second kappa shape index (κ2) is 8.72. The lowest BCUT2D eigenvalue weighted by Gasteiger charge is -2.17. The number of hydrogen-bond acceptors (Lipinski definition) is 6. The van der Waals surface area contributed by atoms with Crippen molar-refractivity contribution in [3.8, 4) is 5.82 Å². The minimum absolute atomic E-state index is 0.0140. The highest BCUT2D eigenvalue weighted by molar-refractivity contribution is 5.95. The number of carbonyl (C=O) groups is 2. The summed E-state index contributed by atoms with van der Waals surface area (Å²) in [5, 5.41) is 15.3. The highest BCUT2D eigenvalue weighted by atomic mass is 19.4. The Morgan fingerprint density at radius 2 is 1.59 bits per heavy atom. The molecule has 1 aromatic carbocycles. The average molecular weight is 488 g/mol. The number of hydrogen-bond donors (Lipinski definition) is 2. The van der Waals surface area contributed by atoms with Gasteiger partial charge in [0, 0.05) is 5.56 Å². The van der Waals surface area contributed by atoms with Crippen molar-refractivity contribution in [2.45, 2.75) is 32.2 Å². The van der Waals surface area contributed by atoms with Crippen LogP contribution in [-0.2, 0) is 12.4 Å². The first-order valence-electron chi connectivity index (χ1n) is 9.26. The van der Waals surface area contributed by atoms with Gasteiger partial charge in [0.1, 0.15) is 5.82 Å². The van der Waals surface area contributed by atoms with Crippen molar-refractivity contribution in [2.75, 3.05) is 0 Å². The fourth-order valence-corrected chi connectivity index (χ4v) is 2.85. The highest BCUT2D eigenvalue weighted by Gasteiger charge is 2.37. The predicted molar refractivity (Wildman–Crippen MR) is 101 cm³/mol. The number of halogens is 6. The number of carboxylic acids is 1. The molecule has 0 spiro atoms. The highest BCUT2D eigenvalue weighted by Crippen LogP contribution is 2.36. The smallest absolute Gasteiger partial charge is 0.416 e. The number of aromatic nitrogens is 5. The van der Waals surface area contributed by atoms with Gasteiger partial charge in [0.25, 0.3) is 5.91 Å². The standard InChI is InChI=1S/C19H14F6N6O3/c1-8(15-29-9(2)30-31(15)14-7-26-13(6-27-14)17(33)34)28-16(32)10-3-11(18(20,21)22)5-12(4-10)19(23,24)25/h3-8H,1-2H3,(H,28,32)(H,33,34)/t8-/m0/s1. The topological polar surface area (TPSA) is 123 Å². The van der Waals surface area contributed by atoms with Crippen LogP contribution in [0, 0.1) is 6.92 Å². The minimum atomic E-state index is -5.11. The molecule has 1 amide bonds. The van der Waals surface area contributed by atoms with Gasteiger partial charge < -0.3 is 10.4 Å². The number of benzene rings is 1. The summed E-state index contributed by atoms with van der Waals surface area (Å²) in [5.74, 6) is -2.32. The van der Waals surface area contributed by atoms with Crippen LogP contribution in [0.2, 0.25) is 0 Å². The van der Waals surface area contributed by atoms with Gasteiger partial charge in [-0.3, -0.25) is 4.79 Å². The molecular formula is C19H14F6N6O3. The van der Waals surface area contributed by atoms with Crippen LogP contribution in [0.1, 0.15) is 56.6 Å². The number of nitrogens with one attached hydrogen (secondary N) is 1. The minimum Gasteiger partial charge on any atom is -0.476 e. The number of amides is 1. The maximum atomic E-state index is 13.1. The van der Waals surface area contributed by atoms with Crippen LogP contribution in [0.5, 0.6) is 0 Å². The van der Waals surface area contributed by atoms with E-state index in [-0.39, 0.29) is 29.2 Å². The van der Waals surface area contributed by atoms with Crippen LogP contribution in [-0.4, -0.2) is 41.7 Å². The van der Waals surface area contributed by atoms with Crippen LogP contribution in [0.15, 0.2) is 30.6 Å². The maximum Gasteiger partial charge on any atom is 0.416 e. The van der Waals surface area contributed by atoms with Crippen molar-refractivity contribution in [3.63, 3.8) is 0 Å². The van der Waals surface area contributed by atoms with E-state index >= 15 is 0 Å². The lowest BCUT2D eigenvalue weighted by Crippen LogP contribution is -2.29. The SMILES string of the molecule is Cc1nc([C@H](C)NC(=O)c2cc(C(F)(F)F)cc(C(F)(F)F)c2)n(-c2cnc(C(=O)O)cn2)n1. The van der Waals surface area contributed by atoms with Gasteiger partial charge in [-0.15, -0.1) is 5.10 Å². The zero-order valence-electron chi connectivity index (χ0n) is 17.2. The first-order valence-corrected chi connectivity index (χ1v) is 9.26. The molecule has 0 aliphatic carbocycles. The number of aromatic carboxylic acids is 1. The summed E-state index contributed by atoms with van der Waals surface area (Å²) in [6, 6.07) is -0.523. The second-order valence-corrected chi connectivity index (χ2v) is 6.98. The largest absolute Gasteiger partial charge is 0.476 e. The zero-order valence-corrected chi connectivity index (χ0v) is 17.2. The summed E-state index contributed by atoms with van der Waals surface area (Å²) in [6.07, 6.45) is -8.21. The van der Waals surface area contributed by atoms with Gasteiger partial charge in [-0.2, -0.15) is 31.0 Å². The monoisotopic (exact) mass is 488 g/mol. The molecule has 0 radical (unpaired) electrons. The Bertz CT molecular complexity index is 1200. The van der Waals surface area contributed by atoms with Crippen molar-refractivity contribution in [3.05, 3.63) is 64.6 Å². The molecule has 3 rings (SSSR count). The van der Waals surface area contributed by atoms with Crippen molar-refractivity contribution < 1.29 is 41.0 Å². The van der Waals surface area contributed by atoms with Crippen LogP contribution < -0.4 is 5.32 Å². The van der Waals surface area contributed by atoms with Gasteiger partial charge in [-0.25, -0.2) is 19.7 Å². The van der Waals surface area contributed by atoms with Crippen molar-refractivity contribution in [1.82, 2.24) is 30.0 Å². The molecule has 34 heavy (non-hydrogen) atoms. The Morgan fingerprint density at radius 1 is 1.00 bits per heavy atom. The molecule has 0 saturated heterocycles. The maximum absolute atomic E-state index is 13.1. The summed E-state index contributed by atoms with van der Waals surface area (Å²) >= 11 is 0. The first kappa shape index (κ1) is 24.6. The van der Waals surface area contributed by atoms with Gasteiger partial charge in [-0.05, 0) is 32.0 Å². The fraction of sp³-hybridized carbons (Fsp3) is 0.263. The van der Waals surface area contributed by atoms with E-state index in [4.69, 9.17) is 5.11 Å². The second-order valence-electron chi connectivity index (χ2n) is 6.98. The summed E-state index contributed by atoms with van der Waals surface area (Å²) < 4.78 is 79.6. The summed E-state index contributed by atoms with van der Waals surface area (Å²) in [7, 11) is 0. The van der Waals surface area contributed by atoms with Gasteiger partial charge >= 0.3 is 18.3 Å². The van der Waals surface area contributed by atoms with Crippen molar-refractivity contribution in [2.24, 2.45) is 0 Å². The lowest BCUT2D eigenvalue weighted by atomic mass is 10.0. The molecule has 2 aromatic heterocycles. The molecule has 15 heteroatoms. The van der Waals surface area contributed by atoms with Gasteiger partial charge in [0.05, 0.1) is 29.6 Å². The van der Waals surface area contributed by atoms with Crippen molar-refractivity contribution in [1.29, 1.82) is 0 Å². The number of alkyl halides is 6. The Hall–Kier alpha value is -4.04. The third-order valence-electron chi connectivity index (χ3n) is 4.40. The quantitative estimate of drug-likeness (QED) is 0.526. The molecule has 180 valence electrons. The Kier molecular flexibility index (Phi) is 6.31. The van der Waals surface area contributed by atoms with Gasteiger partial charge in [-0.1, -0.05) is 0 Å². The first-order chi connectivity index (χ1) is 15.7. The van der Waals surface area contributed by atoms with E-state index < -0.39 is 47.0 Å². The number of rotatable bonds is 5. The zero-order chi connectivity index (χ0) is 25.4. The predicted octanol–water partition coefficient (Wildman–Crippen LogP) is 3.59. The Morgan fingerprint density at radius 3 is 2.06 bits per heavy atom. The summed E-state index contributed by atoms with van der Waals surface area (Å²) in [5.41, 5.74) is -4.48. The summed E-state index contributed by atoms with van der Waals surface area (Å²) in [4.78, 5) is 35.2. The molecule has 9 nitrogen and oxygen atoms in total. The van der Waals surface area contributed by atoms with E-state index in [1.54, 1.807) is 0 Å². The molecule has 0 aliphatic rings. The fourth-order valence-electron chi connectivity index (χ4n) is 2.85. The Balaban J connectivity index is 1.93. The van der Waals surface area contributed by atoms with E-state index in [0.717, 1.165) is 17.1 Å². The molecule has 1 atom stereocenters. The van der Waals surface area contributed by atoms with E-state index in [0.29, 0.717) is 12.1 Å². The van der Waals surface area contributed by atoms with Crippen molar-refractivity contribution >= 4 is 11.9 Å². The molecule has 2 heterocycles. The molecule has 0 unspecified atom stereocenters. The van der Waals surface area contributed by atoms with Crippen LogP contribution in [0.4, 0.5) is 26.3 Å². The lowest BCUT2D eigenvalue weighted by molar-refractivity contribution is -0.143. The van der Waals surface area contributed by atoms with Gasteiger partial charge in [0.15, 0.2) is 17.3 Å². The van der Waals surface area contributed by atoms with Crippen LogP contribution in [0.3, 0.4) is 0 Å². The molecule has 0 bridgehead atoms. The molecule has 0 fully saturated rings. The van der Waals surface area contributed by atoms with E-state index in [1.807, 2.05) is 0 Å². The van der Waals surface area contributed by atoms with Gasteiger partial charge in [0.2, 0.25) is 0 Å². The molecule has 2 N–H and O–H groups in total. The van der Waals surface area contributed by atoms with E-state index in [2.05, 4.69) is 25.4 Å². The van der Waals surface area contributed by atoms with E-state index in [9.17, 15) is 35.9 Å². The number of carboxylic acid groups (broad SMARTS) is 1.